The van der Waals surface area contributed by atoms with E-state index >= 15 is 0 Å². The Morgan fingerprint density at radius 1 is 1.28 bits per heavy atom. The molecule has 96 valence electrons. The molecule has 0 radical (unpaired) electrons. The lowest BCUT2D eigenvalue weighted by Gasteiger charge is -1.97. The number of rotatable bonds is 5. The summed E-state index contributed by atoms with van der Waals surface area (Å²) in [5, 5.41) is 8.09. The SMILES string of the molecule is CCCNCc1nc(-c2ccc(Cl)c(Cl)c2)no1. The second kappa shape index (κ2) is 6.18. The summed E-state index contributed by atoms with van der Waals surface area (Å²) in [7, 11) is 0. The third-order valence-electron chi connectivity index (χ3n) is 2.35. The Balaban J connectivity index is 2.11. The van der Waals surface area contributed by atoms with Crippen LogP contribution in [0, 0.1) is 0 Å². The minimum atomic E-state index is 0.477. The number of nitrogens with zero attached hydrogens (tertiary/aromatic N) is 2. The number of halogens is 2. The van der Waals surface area contributed by atoms with E-state index in [4.69, 9.17) is 27.7 Å². The topological polar surface area (TPSA) is 51.0 Å². The Hall–Kier alpha value is -1.10. The Bertz CT molecular complexity index is 528. The standard InChI is InChI=1S/C12H13Cl2N3O/c1-2-5-15-7-11-16-12(17-18-11)8-3-4-9(13)10(14)6-8/h3-4,6,15H,2,5,7H2,1H3. The largest absolute Gasteiger partial charge is 0.338 e. The Morgan fingerprint density at radius 2 is 2.11 bits per heavy atom. The molecule has 2 aromatic rings. The third-order valence-corrected chi connectivity index (χ3v) is 3.09. The van der Waals surface area contributed by atoms with Gasteiger partial charge in [0.15, 0.2) is 0 Å². The van der Waals surface area contributed by atoms with Crippen molar-refractivity contribution < 1.29 is 4.52 Å². The molecule has 0 fully saturated rings. The van der Waals surface area contributed by atoms with Gasteiger partial charge < -0.3 is 9.84 Å². The summed E-state index contributed by atoms with van der Waals surface area (Å²) in [6.07, 6.45) is 1.06. The summed E-state index contributed by atoms with van der Waals surface area (Å²) < 4.78 is 5.14. The van der Waals surface area contributed by atoms with Gasteiger partial charge in [-0.3, -0.25) is 0 Å². The van der Waals surface area contributed by atoms with Gasteiger partial charge in [-0.25, -0.2) is 0 Å². The summed E-state index contributed by atoms with van der Waals surface area (Å²) in [6.45, 7) is 3.59. The molecule has 0 aliphatic carbocycles. The molecule has 0 bridgehead atoms. The van der Waals surface area contributed by atoms with Crippen LogP contribution in [-0.2, 0) is 6.54 Å². The predicted octanol–water partition coefficient (Wildman–Crippen LogP) is 3.54. The first-order valence-corrected chi connectivity index (χ1v) is 6.45. The lowest BCUT2D eigenvalue weighted by molar-refractivity contribution is 0.368. The summed E-state index contributed by atoms with van der Waals surface area (Å²) in [5.74, 6) is 1.08. The average Bonchev–Trinajstić information content (AvgIpc) is 2.82. The summed E-state index contributed by atoms with van der Waals surface area (Å²) in [6, 6.07) is 5.24. The maximum Gasteiger partial charge on any atom is 0.240 e. The quantitative estimate of drug-likeness (QED) is 0.854. The highest BCUT2D eigenvalue weighted by Gasteiger charge is 2.09. The van der Waals surface area contributed by atoms with E-state index in [1.807, 2.05) is 6.07 Å². The maximum atomic E-state index is 5.94. The first-order valence-electron chi connectivity index (χ1n) is 5.69. The van der Waals surface area contributed by atoms with Gasteiger partial charge in [-0.2, -0.15) is 4.98 Å². The molecule has 0 atom stereocenters. The van der Waals surface area contributed by atoms with Crippen molar-refractivity contribution in [2.75, 3.05) is 6.54 Å². The van der Waals surface area contributed by atoms with Crippen molar-refractivity contribution >= 4 is 23.2 Å². The number of aromatic nitrogens is 2. The van der Waals surface area contributed by atoms with Crippen LogP contribution < -0.4 is 5.32 Å². The second-order valence-corrected chi connectivity index (χ2v) is 4.63. The number of hydrogen-bond acceptors (Lipinski definition) is 4. The van der Waals surface area contributed by atoms with Crippen LogP contribution in [0.5, 0.6) is 0 Å². The summed E-state index contributed by atoms with van der Waals surface area (Å²) in [5.41, 5.74) is 0.787. The van der Waals surface area contributed by atoms with Crippen LogP contribution in [-0.4, -0.2) is 16.7 Å². The molecule has 0 aliphatic heterocycles. The van der Waals surface area contributed by atoms with E-state index in [9.17, 15) is 0 Å². The lowest BCUT2D eigenvalue weighted by atomic mass is 10.2. The van der Waals surface area contributed by atoms with Gasteiger partial charge in [0.2, 0.25) is 11.7 Å². The molecule has 1 aromatic carbocycles. The first kappa shape index (κ1) is 13.3. The van der Waals surface area contributed by atoms with Gasteiger partial charge in [-0.15, -0.1) is 0 Å². The fourth-order valence-corrected chi connectivity index (χ4v) is 1.75. The smallest absolute Gasteiger partial charge is 0.240 e. The van der Waals surface area contributed by atoms with E-state index in [1.165, 1.54) is 0 Å². The lowest BCUT2D eigenvalue weighted by Crippen LogP contribution is -2.13. The molecule has 4 nitrogen and oxygen atoms in total. The van der Waals surface area contributed by atoms with Crippen LogP contribution in [0.15, 0.2) is 22.7 Å². The maximum absolute atomic E-state index is 5.94. The van der Waals surface area contributed by atoms with Gasteiger partial charge in [0.05, 0.1) is 16.6 Å². The van der Waals surface area contributed by atoms with Gasteiger partial charge in [-0.05, 0) is 31.2 Å². The fourth-order valence-electron chi connectivity index (χ4n) is 1.45. The zero-order valence-corrected chi connectivity index (χ0v) is 11.4. The molecule has 2 rings (SSSR count). The monoisotopic (exact) mass is 285 g/mol. The van der Waals surface area contributed by atoms with E-state index in [1.54, 1.807) is 12.1 Å². The van der Waals surface area contributed by atoms with Gasteiger partial charge >= 0.3 is 0 Å². The molecular weight excluding hydrogens is 273 g/mol. The zero-order valence-electron chi connectivity index (χ0n) is 9.91. The highest BCUT2D eigenvalue weighted by Crippen LogP contribution is 2.26. The van der Waals surface area contributed by atoms with Gasteiger partial charge in [0.1, 0.15) is 0 Å². The number of nitrogens with one attached hydrogen (secondary N) is 1. The van der Waals surface area contributed by atoms with Crippen molar-refractivity contribution in [3.8, 4) is 11.4 Å². The molecule has 0 spiro atoms. The molecule has 0 amide bonds. The van der Waals surface area contributed by atoms with Crippen LogP contribution >= 0.6 is 23.2 Å². The molecule has 0 unspecified atom stereocenters. The number of benzene rings is 1. The zero-order chi connectivity index (χ0) is 13.0. The molecule has 1 heterocycles. The minimum absolute atomic E-state index is 0.477. The van der Waals surface area contributed by atoms with Crippen LogP contribution in [0.2, 0.25) is 10.0 Å². The molecule has 18 heavy (non-hydrogen) atoms. The van der Waals surface area contributed by atoms with Crippen molar-refractivity contribution in [3.63, 3.8) is 0 Å². The molecule has 1 aromatic heterocycles. The van der Waals surface area contributed by atoms with Crippen LogP contribution in [0.25, 0.3) is 11.4 Å². The molecule has 0 saturated heterocycles. The van der Waals surface area contributed by atoms with E-state index in [0.717, 1.165) is 18.5 Å². The average molecular weight is 286 g/mol. The fraction of sp³-hybridized carbons (Fsp3) is 0.333. The van der Waals surface area contributed by atoms with Crippen LogP contribution in [0.1, 0.15) is 19.2 Å². The van der Waals surface area contributed by atoms with E-state index in [0.29, 0.717) is 28.3 Å². The highest BCUT2D eigenvalue weighted by atomic mass is 35.5. The first-order chi connectivity index (χ1) is 8.70. The van der Waals surface area contributed by atoms with Crippen molar-refractivity contribution in [3.05, 3.63) is 34.1 Å². The van der Waals surface area contributed by atoms with E-state index in [-0.39, 0.29) is 0 Å². The molecular formula is C12H13Cl2N3O. The molecule has 0 aliphatic rings. The van der Waals surface area contributed by atoms with Gasteiger partial charge in [0.25, 0.3) is 0 Å². The normalized spacial score (nSPS) is 10.8. The summed E-state index contributed by atoms with van der Waals surface area (Å²) >= 11 is 11.8. The van der Waals surface area contributed by atoms with Crippen molar-refractivity contribution in [2.24, 2.45) is 0 Å². The summed E-state index contributed by atoms with van der Waals surface area (Å²) in [4.78, 5) is 4.28. The van der Waals surface area contributed by atoms with E-state index in [2.05, 4.69) is 22.4 Å². The minimum Gasteiger partial charge on any atom is -0.338 e. The highest BCUT2D eigenvalue weighted by molar-refractivity contribution is 6.42. The van der Waals surface area contributed by atoms with Crippen molar-refractivity contribution in [1.82, 2.24) is 15.5 Å². The Labute approximate surface area is 115 Å². The van der Waals surface area contributed by atoms with Crippen LogP contribution in [0.4, 0.5) is 0 Å². The molecule has 0 saturated carbocycles. The number of hydrogen-bond donors (Lipinski definition) is 1. The van der Waals surface area contributed by atoms with Crippen LogP contribution in [0.3, 0.4) is 0 Å². The predicted molar refractivity (Wildman–Crippen MR) is 71.8 cm³/mol. The van der Waals surface area contributed by atoms with Gasteiger partial charge in [0, 0.05) is 5.56 Å². The Morgan fingerprint density at radius 3 is 2.83 bits per heavy atom. The Kier molecular flexibility index (Phi) is 4.58. The van der Waals surface area contributed by atoms with E-state index < -0.39 is 0 Å². The third kappa shape index (κ3) is 3.22. The van der Waals surface area contributed by atoms with Gasteiger partial charge in [-0.1, -0.05) is 35.3 Å². The molecule has 6 heteroatoms. The van der Waals surface area contributed by atoms with Crippen molar-refractivity contribution in [1.29, 1.82) is 0 Å². The molecule has 1 N–H and O–H groups in total. The second-order valence-electron chi connectivity index (χ2n) is 3.82. The van der Waals surface area contributed by atoms with Crippen molar-refractivity contribution in [2.45, 2.75) is 19.9 Å².